The molecule has 0 fully saturated rings. The Morgan fingerprint density at radius 3 is 2.59 bits per heavy atom. The quantitative estimate of drug-likeness (QED) is 0.783. The summed E-state index contributed by atoms with van der Waals surface area (Å²) in [4.78, 5) is 4.14. The molecule has 0 bridgehead atoms. The molecule has 0 aliphatic heterocycles. The standard InChI is InChI=1S/C15H15NO/c1-10-7-11-3-4-12(11)8-14(10)13-5-6-16-15(9-13)17-2/h5-9H,3-4H2,1-2H3. The van der Waals surface area contributed by atoms with Gasteiger partial charge in [0.25, 0.3) is 0 Å². The third kappa shape index (κ3) is 1.70. The molecule has 2 aromatic rings. The number of hydrogen-bond acceptors (Lipinski definition) is 2. The molecule has 17 heavy (non-hydrogen) atoms. The van der Waals surface area contributed by atoms with Crippen molar-refractivity contribution in [2.45, 2.75) is 19.8 Å². The van der Waals surface area contributed by atoms with Crippen LogP contribution in [0.4, 0.5) is 0 Å². The van der Waals surface area contributed by atoms with Crippen molar-refractivity contribution in [2.75, 3.05) is 7.11 Å². The van der Waals surface area contributed by atoms with Crippen molar-refractivity contribution in [3.63, 3.8) is 0 Å². The van der Waals surface area contributed by atoms with Crippen LogP contribution in [-0.4, -0.2) is 12.1 Å². The van der Waals surface area contributed by atoms with Crippen LogP contribution in [0.1, 0.15) is 16.7 Å². The van der Waals surface area contributed by atoms with E-state index in [9.17, 15) is 0 Å². The fourth-order valence-corrected chi connectivity index (χ4v) is 2.37. The molecule has 0 saturated carbocycles. The summed E-state index contributed by atoms with van der Waals surface area (Å²) in [5.74, 6) is 0.671. The second kappa shape index (κ2) is 3.88. The molecule has 0 saturated heterocycles. The van der Waals surface area contributed by atoms with Crippen LogP contribution in [0.25, 0.3) is 11.1 Å². The van der Waals surface area contributed by atoms with Gasteiger partial charge in [-0.1, -0.05) is 12.1 Å². The van der Waals surface area contributed by atoms with Crippen molar-refractivity contribution in [3.8, 4) is 17.0 Å². The normalized spacial score (nSPS) is 12.8. The Morgan fingerprint density at radius 1 is 1.12 bits per heavy atom. The minimum atomic E-state index is 0.671. The Bertz CT molecular complexity index is 575. The fraction of sp³-hybridized carbons (Fsp3) is 0.267. The predicted octanol–water partition coefficient (Wildman–Crippen LogP) is 3.16. The summed E-state index contributed by atoms with van der Waals surface area (Å²) < 4.78 is 5.17. The number of rotatable bonds is 2. The van der Waals surface area contributed by atoms with Crippen LogP contribution in [0.5, 0.6) is 5.88 Å². The van der Waals surface area contributed by atoms with E-state index < -0.39 is 0 Å². The zero-order valence-electron chi connectivity index (χ0n) is 10.2. The van der Waals surface area contributed by atoms with Gasteiger partial charge in [0.1, 0.15) is 0 Å². The van der Waals surface area contributed by atoms with E-state index in [1.54, 1.807) is 13.3 Å². The average molecular weight is 225 g/mol. The maximum atomic E-state index is 5.17. The SMILES string of the molecule is COc1cc(-c2cc3c(cc2C)CC3)ccn1. The van der Waals surface area contributed by atoms with E-state index in [1.807, 2.05) is 12.1 Å². The van der Waals surface area contributed by atoms with E-state index in [1.165, 1.54) is 40.7 Å². The van der Waals surface area contributed by atoms with Crippen LogP contribution >= 0.6 is 0 Å². The number of benzene rings is 1. The number of fused-ring (bicyclic) bond motifs is 1. The lowest BCUT2D eigenvalue weighted by Crippen LogP contribution is -2.08. The van der Waals surface area contributed by atoms with Gasteiger partial charge in [0.15, 0.2) is 0 Å². The van der Waals surface area contributed by atoms with Crippen LogP contribution in [0.3, 0.4) is 0 Å². The van der Waals surface area contributed by atoms with E-state index >= 15 is 0 Å². The third-order valence-corrected chi connectivity index (χ3v) is 3.47. The highest BCUT2D eigenvalue weighted by Crippen LogP contribution is 2.32. The van der Waals surface area contributed by atoms with E-state index in [4.69, 9.17) is 4.74 Å². The van der Waals surface area contributed by atoms with Crippen LogP contribution in [0, 0.1) is 6.92 Å². The molecule has 3 rings (SSSR count). The van der Waals surface area contributed by atoms with Crippen molar-refractivity contribution < 1.29 is 4.74 Å². The fourth-order valence-electron chi connectivity index (χ4n) is 2.37. The van der Waals surface area contributed by atoms with Gasteiger partial charge in [0.2, 0.25) is 5.88 Å². The van der Waals surface area contributed by atoms with Gasteiger partial charge in [-0.25, -0.2) is 4.98 Å². The molecule has 1 aliphatic rings. The lowest BCUT2D eigenvalue weighted by atomic mass is 9.84. The number of ether oxygens (including phenoxy) is 1. The minimum absolute atomic E-state index is 0.671. The summed E-state index contributed by atoms with van der Waals surface area (Å²) in [6, 6.07) is 8.65. The molecule has 2 heteroatoms. The van der Waals surface area contributed by atoms with Gasteiger partial charge in [0, 0.05) is 12.3 Å². The van der Waals surface area contributed by atoms with Crippen molar-refractivity contribution in [2.24, 2.45) is 0 Å². The van der Waals surface area contributed by atoms with Crippen molar-refractivity contribution in [1.29, 1.82) is 0 Å². The monoisotopic (exact) mass is 225 g/mol. The molecular weight excluding hydrogens is 210 g/mol. The lowest BCUT2D eigenvalue weighted by molar-refractivity contribution is 0.398. The molecular formula is C15H15NO. The maximum Gasteiger partial charge on any atom is 0.213 e. The van der Waals surface area contributed by atoms with Gasteiger partial charge in [-0.3, -0.25) is 0 Å². The number of hydrogen-bond donors (Lipinski definition) is 0. The van der Waals surface area contributed by atoms with Crippen LogP contribution < -0.4 is 4.74 Å². The first kappa shape index (κ1) is 10.3. The molecule has 86 valence electrons. The predicted molar refractivity (Wildman–Crippen MR) is 68.4 cm³/mol. The largest absolute Gasteiger partial charge is 0.481 e. The van der Waals surface area contributed by atoms with Gasteiger partial charge in [-0.15, -0.1) is 0 Å². The Hall–Kier alpha value is -1.83. The van der Waals surface area contributed by atoms with E-state index in [2.05, 4.69) is 24.0 Å². The number of pyridine rings is 1. The first-order valence-electron chi connectivity index (χ1n) is 5.91. The molecule has 0 radical (unpaired) electrons. The van der Waals surface area contributed by atoms with Gasteiger partial charge in [-0.05, 0) is 53.6 Å². The number of methoxy groups -OCH3 is 1. The Morgan fingerprint density at radius 2 is 1.88 bits per heavy atom. The van der Waals surface area contributed by atoms with E-state index in [0.717, 1.165) is 0 Å². The lowest BCUT2D eigenvalue weighted by Gasteiger charge is -2.21. The molecule has 1 heterocycles. The summed E-state index contributed by atoms with van der Waals surface area (Å²) in [6.07, 6.45) is 4.24. The molecule has 1 aromatic heterocycles. The van der Waals surface area contributed by atoms with E-state index in [0.29, 0.717) is 5.88 Å². The zero-order valence-corrected chi connectivity index (χ0v) is 10.2. The summed E-state index contributed by atoms with van der Waals surface area (Å²) in [5, 5.41) is 0. The first-order chi connectivity index (χ1) is 8.28. The molecule has 0 unspecified atom stereocenters. The van der Waals surface area contributed by atoms with Crippen LogP contribution in [-0.2, 0) is 12.8 Å². The Balaban J connectivity index is 2.11. The molecule has 1 aromatic carbocycles. The number of aromatic nitrogens is 1. The Kier molecular flexibility index (Phi) is 2.36. The first-order valence-corrected chi connectivity index (χ1v) is 5.91. The molecule has 2 nitrogen and oxygen atoms in total. The molecule has 0 N–H and O–H groups in total. The zero-order chi connectivity index (χ0) is 11.8. The summed E-state index contributed by atoms with van der Waals surface area (Å²) in [5.41, 5.74) is 6.80. The number of aryl methyl sites for hydroxylation is 3. The molecule has 0 atom stereocenters. The van der Waals surface area contributed by atoms with Crippen LogP contribution in [0.15, 0.2) is 30.5 Å². The summed E-state index contributed by atoms with van der Waals surface area (Å²) in [7, 11) is 1.65. The van der Waals surface area contributed by atoms with Crippen molar-refractivity contribution in [3.05, 3.63) is 47.2 Å². The average Bonchev–Trinajstić information content (AvgIpc) is 2.34. The second-order valence-electron chi connectivity index (χ2n) is 4.52. The van der Waals surface area contributed by atoms with E-state index in [-0.39, 0.29) is 0 Å². The highest BCUT2D eigenvalue weighted by Gasteiger charge is 2.15. The second-order valence-corrected chi connectivity index (χ2v) is 4.52. The van der Waals surface area contributed by atoms with Gasteiger partial charge >= 0.3 is 0 Å². The van der Waals surface area contributed by atoms with Gasteiger partial charge in [-0.2, -0.15) is 0 Å². The smallest absolute Gasteiger partial charge is 0.213 e. The van der Waals surface area contributed by atoms with Gasteiger partial charge in [0.05, 0.1) is 7.11 Å². The third-order valence-electron chi connectivity index (χ3n) is 3.47. The highest BCUT2D eigenvalue weighted by atomic mass is 16.5. The van der Waals surface area contributed by atoms with Crippen LogP contribution in [0.2, 0.25) is 0 Å². The summed E-state index contributed by atoms with van der Waals surface area (Å²) in [6.45, 7) is 2.17. The summed E-state index contributed by atoms with van der Waals surface area (Å²) >= 11 is 0. The topological polar surface area (TPSA) is 22.1 Å². The van der Waals surface area contributed by atoms with Gasteiger partial charge < -0.3 is 4.74 Å². The van der Waals surface area contributed by atoms with Crippen molar-refractivity contribution >= 4 is 0 Å². The maximum absolute atomic E-state index is 5.17. The molecule has 0 amide bonds. The molecule has 1 aliphatic carbocycles. The highest BCUT2D eigenvalue weighted by molar-refractivity contribution is 5.70. The number of nitrogens with zero attached hydrogens (tertiary/aromatic N) is 1. The Labute approximate surface area is 101 Å². The molecule has 0 spiro atoms. The van der Waals surface area contributed by atoms with Crippen molar-refractivity contribution in [1.82, 2.24) is 4.98 Å². The minimum Gasteiger partial charge on any atom is -0.481 e.